The molecule has 1 N–H and O–H groups in total. The Morgan fingerprint density at radius 2 is 1.76 bits per heavy atom. The van der Waals surface area contributed by atoms with Crippen molar-refractivity contribution in [3.8, 4) is 0 Å². The van der Waals surface area contributed by atoms with Crippen LogP contribution in [0.2, 0.25) is 5.02 Å². The first kappa shape index (κ1) is 19.0. The Kier molecular flexibility index (Phi) is 4.99. The van der Waals surface area contributed by atoms with E-state index in [1.165, 1.54) is 11.2 Å². The molecule has 0 aliphatic carbocycles. The van der Waals surface area contributed by atoms with Gasteiger partial charge in [-0.05, 0) is 36.8 Å². The number of aryl methyl sites for hydroxylation is 1. The number of carbonyl (C=O) groups excluding carboxylic acids is 2. The molecule has 1 atom stereocenters. The summed E-state index contributed by atoms with van der Waals surface area (Å²) in [4.78, 5) is 27.2. The molecule has 3 aromatic rings. The van der Waals surface area contributed by atoms with Crippen molar-refractivity contribution < 1.29 is 19.1 Å². The van der Waals surface area contributed by atoms with Gasteiger partial charge in [0, 0.05) is 10.6 Å². The minimum Gasteiger partial charge on any atom is -0.507 e. The second-order valence-corrected chi connectivity index (χ2v) is 7.36. The second kappa shape index (κ2) is 7.60. The molecule has 146 valence electrons. The minimum atomic E-state index is -0.751. The van der Waals surface area contributed by atoms with E-state index in [1.807, 2.05) is 19.1 Å². The van der Waals surface area contributed by atoms with Gasteiger partial charge in [0.2, 0.25) is 0 Å². The molecule has 1 aromatic heterocycles. The van der Waals surface area contributed by atoms with Crippen LogP contribution in [-0.2, 0) is 16.1 Å². The third kappa shape index (κ3) is 3.57. The number of likely N-dealkylation sites (tertiary alicyclic amines) is 1. The number of carbonyl (C=O) groups is 2. The maximum atomic E-state index is 12.9. The van der Waals surface area contributed by atoms with Gasteiger partial charge in [-0.15, -0.1) is 0 Å². The van der Waals surface area contributed by atoms with Crippen LogP contribution in [0.1, 0.15) is 28.5 Å². The van der Waals surface area contributed by atoms with Crippen molar-refractivity contribution in [3.63, 3.8) is 0 Å². The first-order chi connectivity index (χ1) is 14.0. The molecule has 0 bridgehead atoms. The van der Waals surface area contributed by atoms with Crippen molar-refractivity contribution in [1.82, 2.24) is 4.90 Å². The average Bonchev–Trinajstić information content (AvgIpc) is 3.31. The Morgan fingerprint density at radius 3 is 2.38 bits per heavy atom. The number of furan rings is 1. The van der Waals surface area contributed by atoms with Gasteiger partial charge < -0.3 is 14.4 Å². The van der Waals surface area contributed by atoms with Crippen LogP contribution in [0.4, 0.5) is 0 Å². The van der Waals surface area contributed by atoms with E-state index in [9.17, 15) is 14.7 Å². The van der Waals surface area contributed by atoms with Crippen LogP contribution in [0, 0.1) is 6.92 Å². The number of halogens is 1. The first-order valence-electron chi connectivity index (χ1n) is 9.09. The lowest BCUT2D eigenvalue weighted by Gasteiger charge is -2.24. The fraction of sp³-hybridized carbons (Fsp3) is 0.130. The third-order valence-corrected chi connectivity index (χ3v) is 5.21. The van der Waals surface area contributed by atoms with Crippen LogP contribution in [0.15, 0.2) is 76.9 Å². The highest BCUT2D eigenvalue weighted by Gasteiger charge is 2.46. The summed E-state index contributed by atoms with van der Waals surface area (Å²) < 4.78 is 5.37. The Balaban J connectivity index is 1.86. The van der Waals surface area contributed by atoms with Gasteiger partial charge in [0.1, 0.15) is 11.5 Å². The number of Topliss-reactive ketones (excluding diaryl/α,β-unsaturated/α-hetero) is 1. The van der Waals surface area contributed by atoms with Gasteiger partial charge in [-0.1, -0.05) is 53.6 Å². The Bertz CT molecular complexity index is 1080. The van der Waals surface area contributed by atoms with Crippen molar-refractivity contribution in [2.75, 3.05) is 0 Å². The minimum absolute atomic E-state index is 0.0488. The molecule has 4 rings (SSSR count). The van der Waals surface area contributed by atoms with E-state index < -0.39 is 17.7 Å². The molecule has 1 unspecified atom stereocenters. The number of nitrogens with zero attached hydrogens (tertiary/aromatic N) is 1. The van der Waals surface area contributed by atoms with Gasteiger partial charge in [0.05, 0.1) is 24.4 Å². The standard InChI is InChI=1S/C23H18ClNO4/c1-14-4-6-16(7-5-14)21(26)19-20(15-8-10-17(24)11-9-15)25(23(28)22(19)27)13-18-3-2-12-29-18/h2-12,20,26H,13H2,1H3. The summed E-state index contributed by atoms with van der Waals surface area (Å²) in [5.41, 5.74) is 2.22. The molecule has 0 saturated carbocycles. The SMILES string of the molecule is Cc1ccc(C(O)=C2C(=O)C(=O)N(Cc3ccco3)C2c2ccc(Cl)cc2)cc1. The average molecular weight is 408 g/mol. The highest BCUT2D eigenvalue weighted by molar-refractivity contribution is 6.46. The third-order valence-electron chi connectivity index (χ3n) is 4.96. The molecule has 1 amide bonds. The lowest BCUT2D eigenvalue weighted by Crippen LogP contribution is -2.29. The van der Waals surface area contributed by atoms with E-state index in [1.54, 1.807) is 48.5 Å². The summed E-state index contributed by atoms with van der Waals surface area (Å²) in [5.74, 6) is -1.07. The smallest absolute Gasteiger partial charge is 0.296 e. The fourth-order valence-corrected chi connectivity index (χ4v) is 3.60. The summed E-state index contributed by atoms with van der Waals surface area (Å²) >= 11 is 6.01. The molecule has 2 heterocycles. The quantitative estimate of drug-likeness (QED) is 0.381. The molecule has 1 aliphatic heterocycles. The monoisotopic (exact) mass is 407 g/mol. The molecule has 29 heavy (non-hydrogen) atoms. The lowest BCUT2D eigenvalue weighted by atomic mass is 9.95. The second-order valence-electron chi connectivity index (χ2n) is 6.92. The van der Waals surface area contributed by atoms with Crippen molar-refractivity contribution in [2.45, 2.75) is 19.5 Å². The number of rotatable bonds is 4. The van der Waals surface area contributed by atoms with Crippen molar-refractivity contribution >= 4 is 29.1 Å². The summed E-state index contributed by atoms with van der Waals surface area (Å²) in [7, 11) is 0. The fourth-order valence-electron chi connectivity index (χ4n) is 3.47. The molecule has 0 radical (unpaired) electrons. The summed E-state index contributed by atoms with van der Waals surface area (Å²) in [6, 6.07) is 16.7. The van der Waals surface area contributed by atoms with Crippen molar-refractivity contribution in [3.05, 3.63) is 100.0 Å². The van der Waals surface area contributed by atoms with Gasteiger partial charge in [0.15, 0.2) is 0 Å². The lowest BCUT2D eigenvalue weighted by molar-refractivity contribution is -0.140. The van der Waals surface area contributed by atoms with E-state index in [0.717, 1.165) is 5.56 Å². The predicted molar refractivity (Wildman–Crippen MR) is 109 cm³/mol. The molecule has 6 heteroatoms. The predicted octanol–water partition coefficient (Wildman–Crippen LogP) is 4.86. The Morgan fingerprint density at radius 1 is 1.07 bits per heavy atom. The number of benzene rings is 2. The van der Waals surface area contributed by atoms with Crippen molar-refractivity contribution in [2.24, 2.45) is 0 Å². The zero-order chi connectivity index (χ0) is 20.5. The van der Waals surface area contributed by atoms with Crippen LogP contribution >= 0.6 is 11.6 Å². The zero-order valence-corrected chi connectivity index (χ0v) is 16.4. The van der Waals surface area contributed by atoms with Crippen LogP contribution in [0.5, 0.6) is 0 Å². The number of hydrogen-bond donors (Lipinski definition) is 1. The summed E-state index contributed by atoms with van der Waals surface area (Å²) in [6.07, 6.45) is 1.51. The van der Waals surface area contributed by atoms with Gasteiger partial charge in [-0.2, -0.15) is 0 Å². The van der Waals surface area contributed by atoms with Crippen LogP contribution < -0.4 is 0 Å². The molecular weight excluding hydrogens is 390 g/mol. The normalized spacial score (nSPS) is 18.4. The van der Waals surface area contributed by atoms with Gasteiger partial charge >= 0.3 is 0 Å². The number of aliphatic hydroxyl groups is 1. The van der Waals surface area contributed by atoms with Crippen LogP contribution in [0.3, 0.4) is 0 Å². The molecule has 2 aromatic carbocycles. The van der Waals surface area contributed by atoms with Crippen molar-refractivity contribution in [1.29, 1.82) is 0 Å². The molecule has 1 aliphatic rings. The van der Waals surface area contributed by atoms with E-state index in [-0.39, 0.29) is 17.9 Å². The number of aliphatic hydroxyl groups excluding tert-OH is 1. The number of hydrogen-bond acceptors (Lipinski definition) is 4. The highest BCUT2D eigenvalue weighted by atomic mass is 35.5. The van der Waals surface area contributed by atoms with E-state index in [4.69, 9.17) is 16.0 Å². The highest BCUT2D eigenvalue weighted by Crippen LogP contribution is 2.40. The van der Waals surface area contributed by atoms with Gasteiger partial charge in [0.25, 0.3) is 11.7 Å². The summed E-state index contributed by atoms with van der Waals surface area (Å²) in [5, 5.41) is 11.5. The molecular formula is C23H18ClNO4. The van der Waals surface area contributed by atoms with Crippen LogP contribution in [-0.4, -0.2) is 21.7 Å². The zero-order valence-electron chi connectivity index (χ0n) is 15.6. The maximum absolute atomic E-state index is 12.9. The van der Waals surface area contributed by atoms with Crippen LogP contribution in [0.25, 0.3) is 5.76 Å². The maximum Gasteiger partial charge on any atom is 0.296 e. The molecule has 1 fully saturated rings. The number of amides is 1. The topological polar surface area (TPSA) is 70.8 Å². The van der Waals surface area contributed by atoms with E-state index in [2.05, 4.69) is 0 Å². The van der Waals surface area contributed by atoms with E-state index >= 15 is 0 Å². The summed E-state index contributed by atoms with van der Waals surface area (Å²) in [6.45, 7) is 2.04. The van der Waals surface area contributed by atoms with Gasteiger partial charge in [-0.3, -0.25) is 9.59 Å². The molecule has 1 saturated heterocycles. The molecule has 5 nitrogen and oxygen atoms in total. The molecule has 0 spiro atoms. The van der Waals surface area contributed by atoms with Gasteiger partial charge in [-0.25, -0.2) is 0 Å². The number of ketones is 1. The van der Waals surface area contributed by atoms with E-state index in [0.29, 0.717) is 21.9 Å². The Labute approximate surface area is 172 Å². The first-order valence-corrected chi connectivity index (χ1v) is 9.47. The Hall–Kier alpha value is -3.31. The largest absolute Gasteiger partial charge is 0.507 e.